The number of carbonyl (C=O) groups excluding carboxylic acids is 1. The van der Waals surface area contributed by atoms with Gasteiger partial charge in [0.2, 0.25) is 0 Å². The van der Waals surface area contributed by atoms with E-state index in [0.29, 0.717) is 6.61 Å². The Morgan fingerprint density at radius 2 is 2.50 bits per heavy atom. The van der Waals surface area contributed by atoms with E-state index in [9.17, 15) is 4.79 Å². The van der Waals surface area contributed by atoms with Gasteiger partial charge in [0.25, 0.3) is 0 Å². The van der Waals surface area contributed by atoms with E-state index < -0.39 is 0 Å². The van der Waals surface area contributed by atoms with Crippen molar-refractivity contribution in [3.63, 3.8) is 0 Å². The SMILES string of the molecule is CCOC(=O)C=Cc1csc(CO)c1. The molecule has 0 amide bonds. The lowest BCUT2D eigenvalue weighted by atomic mass is 10.3. The maximum absolute atomic E-state index is 10.9. The third-order valence-electron chi connectivity index (χ3n) is 1.53. The molecule has 3 nitrogen and oxygen atoms in total. The van der Waals surface area contributed by atoms with Crippen molar-refractivity contribution in [3.05, 3.63) is 28.0 Å². The van der Waals surface area contributed by atoms with E-state index in [-0.39, 0.29) is 12.6 Å². The largest absolute Gasteiger partial charge is 0.463 e. The number of thiophene rings is 1. The van der Waals surface area contributed by atoms with Gasteiger partial charge in [-0.05, 0) is 30.0 Å². The van der Waals surface area contributed by atoms with Crippen LogP contribution in [0.1, 0.15) is 17.4 Å². The molecule has 0 aliphatic heterocycles. The molecule has 0 saturated heterocycles. The maximum atomic E-state index is 10.9. The molecule has 1 rings (SSSR count). The Morgan fingerprint density at radius 3 is 3.07 bits per heavy atom. The molecule has 1 aromatic heterocycles. The molecular formula is C10H12O3S. The van der Waals surface area contributed by atoms with Crippen LogP contribution in [0.3, 0.4) is 0 Å². The van der Waals surface area contributed by atoms with Crippen molar-refractivity contribution < 1.29 is 14.6 Å². The van der Waals surface area contributed by atoms with Crippen LogP contribution in [-0.2, 0) is 16.1 Å². The third-order valence-corrected chi connectivity index (χ3v) is 2.47. The van der Waals surface area contributed by atoms with Crippen molar-refractivity contribution in [2.45, 2.75) is 13.5 Å². The number of aliphatic hydroxyl groups is 1. The molecule has 0 aliphatic rings. The first-order valence-electron chi connectivity index (χ1n) is 4.29. The molecule has 0 unspecified atom stereocenters. The second-order valence-corrected chi connectivity index (χ2v) is 3.59. The summed E-state index contributed by atoms with van der Waals surface area (Å²) in [5, 5.41) is 10.7. The lowest BCUT2D eigenvalue weighted by Gasteiger charge is -1.93. The van der Waals surface area contributed by atoms with Gasteiger partial charge in [0.1, 0.15) is 0 Å². The van der Waals surface area contributed by atoms with E-state index in [0.717, 1.165) is 10.4 Å². The Labute approximate surface area is 86.6 Å². The van der Waals surface area contributed by atoms with Crippen molar-refractivity contribution in [2.75, 3.05) is 6.61 Å². The highest BCUT2D eigenvalue weighted by Crippen LogP contribution is 2.15. The van der Waals surface area contributed by atoms with Crippen LogP contribution in [0.25, 0.3) is 6.08 Å². The topological polar surface area (TPSA) is 46.5 Å². The van der Waals surface area contributed by atoms with Crippen LogP contribution in [-0.4, -0.2) is 17.7 Å². The minimum atomic E-state index is -0.343. The van der Waals surface area contributed by atoms with E-state index in [1.807, 2.05) is 11.4 Å². The van der Waals surface area contributed by atoms with Gasteiger partial charge in [0, 0.05) is 11.0 Å². The highest BCUT2D eigenvalue weighted by Gasteiger charge is 1.97. The molecule has 0 spiro atoms. The summed E-state index contributed by atoms with van der Waals surface area (Å²) in [5.74, 6) is -0.343. The molecule has 0 fully saturated rings. The number of rotatable bonds is 4. The van der Waals surface area contributed by atoms with Gasteiger partial charge in [-0.2, -0.15) is 0 Å². The highest BCUT2D eigenvalue weighted by molar-refractivity contribution is 7.10. The number of ether oxygens (including phenoxy) is 1. The normalized spacial score (nSPS) is 10.7. The average molecular weight is 212 g/mol. The second kappa shape index (κ2) is 5.57. The van der Waals surface area contributed by atoms with E-state index in [4.69, 9.17) is 9.84 Å². The van der Waals surface area contributed by atoms with Crippen molar-refractivity contribution in [2.24, 2.45) is 0 Å². The minimum Gasteiger partial charge on any atom is -0.463 e. The monoisotopic (exact) mass is 212 g/mol. The zero-order valence-corrected chi connectivity index (χ0v) is 8.71. The number of carbonyl (C=O) groups is 1. The number of aliphatic hydroxyl groups excluding tert-OH is 1. The minimum absolute atomic E-state index is 0.0396. The molecule has 0 atom stereocenters. The molecule has 1 N–H and O–H groups in total. The van der Waals surface area contributed by atoms with Crippen molar-refractivity contribution >= 4 is 23.4 Å². The molecule has 76 valence electrons. The molecule has 14 heavy (non-hydrogen) atoms. The van der Waals surface area contributed by atoms with Gasteiger partial charge >= 0.3 is 5.97 Å². The van der Waals surface area contributed by atoms with E-state index in [1.54, 1.807) is 13.0 Å². The Bertz CT molecular complexity index is 328. The number of hydrogen-bond donors (Lipinski definition) is 1. The molecule has 4 heteroatoms. The average Bonchev–Trinajstić information content (AvgIpc) is 2.63. The van der Waals surface area contributed by atoms with Crippen LogP contribution in [0, 0.1) is 0 Å². The predicted octanol–water partition coefficient (Wildman–Crippen LogP) is 1.82. The van der Waals surface area contributed by atoms with Gasteiger partial charge < -0.3 is 9.84 Å². The molecule has 0 bridgehead atoms. The Hall–Kier alpha value is -1.13. The van der Waals surface area contributed by atoms with Crippen molar-refractivity contribution in [3.8, 4) is 0 Å². The fraction of sp³-hybridized carbons (Fsp3) is 0.300. The first-order chi connectivity index (χ1) is 6.76. The van der Waals surface area contributed by atoms with Gasteiger partial charge in [0.05, 0.1) is 13.2 Å². The highest BCUT2D eigenvalue weighted by atomic mass is 32.1. The molecular weight excluding hydrogens is 200 g/mol. The Morgan fingerprint density at radius 1 is 1.71 bits per heavy atom. The number of hydrogen-bond acceptors (Lipinski definition) is 4. The zero-order chi connectivity index (χ0) is 10.4. The summed E-state index contributed by atoms with van der Waals surface area (Å²) in [5.41, 5.74) is 0.909. The van der Waals surface area contributed by atoms with Crippen LogP contribution in [0.15, 0.2) is 17.5 Å². The molecule has 0 radical (unpaired) electrons. The fourth-order valence-electron chi connectivity index (χ4n) is 0.923. The molecule has 1 aromatic rings. The lowest BCUT2D eigenvalue weighted by Crippen LogP contribution is -1.98. The Kier molecular flexibility index (Phi) is 4.35. The first kappa shape index (κ1) is 10.9. The molecule has 0 saturated carbocycles. The molecule has 0 aromatic carbocycles. The summed E-state index contributed by atoms with van der Waals surface area (Å²) in [4.78, 5) is 11.8. The van der Waals surface area contributed by atoms with Gasteiger partial charge in [-0.25, -0.2) is 4.79 Å². The van der Waals surface area contributed by atoms with Crippen LogP contribution >= 0.6 is 11.3 Å². The smallest absolute Gasteiger partial charge is 0.330 e. The van der Waals surface area contributed by atoms with E-state index in [2.05, 4.69) is 0 Å². The van der Waals surface area contributed by atoms with Crippen LogP contribution in [0.2, 0.25) is 0 Å². The second-order valence-electron chi connectivity index (χ2n) is 2.59. The van der Waals surface area contributed by atoms with E-state index >= 15 is 0 Å². The maximum Gasteiger partial charge on any atom is 0.330 e. The predicted molar refractivity (Wildman–Crippen MR) is 55.9 cm³/mol. The molecule has 1 heterocycles. The number of esters is 1. The van der Waals surface area contributed by atoms with E-state index in [1.165, 1.54) is 17.4 Å². The third kappa shape index (κ3) is 3.32. The summed E-state index contributed by atoms with van der Waals surface area (Å²) in [7, 11) is 0. The zero-order valence-electron chi connectivity index (χ0n) is 7.90. The summed E-state index contributed by atoms with van der Waals surface area (Å²) < 4.78 is 4.73. The Balaban J connectivity index is 2.55. The van der Waals surface area contributed by atoms with Gasteiger partial charge in [-0.3, -0.25) is 0 Å². The van der Waals surface area contributed by atoms with Gasteiger partial charge in [-0.15, -0.1) is 11.3 Å². The van der Waals surface area contributed by atoms with Crippen LogP contribution < -0.4 is 0 Å². The standard InChI is InChI=1S/C10H12O3S/c1-2-13-10(12)4-3-8-5-9(6-11)14-7-8/h3-5,7,11H,2,6H2,1H3. The van der Waals surface area contributed by atoms with Crippen LogP contribution in [0.5, 0.6) is 0 Å². The quantitative estimate of drug-likeness (QED) is 0.611. The van der Waals surface area contributed by atoms with Gasteiger partial charge in [0.15, 0.2) is 0 Å². The lowest BCUT2D eigenvalue weighted by molar-refractivity contribution is -0.137. The summed E-state index contributed by atoms with van der Waals surface area (Å²) in [6.07, 6.45) is 3.06. The van der Waals surface area contributed by atoms with Crippen molar-refractivity contribution in [1.29, 1.82) is 0 Å². The van der Waals surface area contributed by atoms with Crippen molar-refractivity contribution in [1.82, 2.24) is 0 Å². The summed E-state index contributed by atoms with van der Waals surface area (Å²) in [6, 6.07) is 1.83. The fourth-order valence-corrected chi connectivity index (χ4v) is 1.64. The summed E-state index contributed by atoms with van der Waals surface area (Å²) in [6.45, 7) is 2.19. The van der Waals surface area contributed by atoms with Crippen LogP contribution in [0.4, 0.5) is 0 Å². The molecule has 0 aliphatic carbocycles. The van der Waals surface area contributed by atoms with Gasteiger partial charge in [-0.1, -0.05) is 0 Å². The first-order valence-corrected chi connectivity index (χ1v) is 5.17. The summed E-state index contributed by atoms with van der Waals surface area (Å²) >= 11 is 1.46.